The molecule has 2 atom stereocenters. The molecule has 6 aliphatic heterocycles. The highest BCUT2D eigenvalue weighted by Gasteiger charge is 2.40. The molecule has 2 unspecified atom stereocenters. The molecule has 6 aliphatic rings. The van der Waals surface area contributed by atoms with Gasteiger partial charge in [-0.3, -0.25) is 24.6 Å². The third-order valence-electron chi connectivity index (χ3n) is 16.0. The van der Waals surface area contributed by atoms with Crippen LogP contribution in [0.4, 0.5) is 10.6 Å². The number of carbonyl (C=O) groups is 4. The molecule has 0 bridgehead atoms. The standard InChI is InChI=1S/C53H63N11O5/c54-49-47-48(37-8-11-43(12-9-37)69-42-6-2-1-3-7-42)58-64(50(47)56-34-55-49)41-5-4-23-62(33-41)40-21-29-61(30-22-40)53(68)60-27-17-35(18-28-60)16-24-59-25-19-36(20-26-59)38-10-13-44-39(31-38)32-63(52(44)67)45-14-15-46(65)57-51(45)66/h1-3,6-13,31,34-36,40-41,45H,4-5,14-30,32-33H2,(H2,54,55,56)(H,57,65,66). The number of ether oxygens (including phenoxy) is 1. The number of fused-ring (bicyclic) bond motifs is 2. The van der Waals surface area contributed by atoms with Gasteiger partial charge in [-0.2, -0.15) is 5.10 Å². The summed E-state index contributed by atoms with van der Waals surface area (Å²) in [6.45, 7) is 8.78. The first kappa shape index (κ1) is 45.1. The van der Waals surface area contributed by atoms with Crippen LogP contribution < -0.4 is 15.8 Å². The van der Waals surface area contributed by atoms with Gasteiger partial charge in [0.15, 0.2) is 5.65 Å². The van der Waals surface area contributed by atoms with Crippen molar-refractivity contribution in [1.82, 2.24) is 49.6 Å². The molecule has 16 nitrogen and oxygen atoms in total. The number of likely N-dealkylation sites (tertiary alicyclic amines) is 4. The third-order valence-corrected chi connectivity index (χ3v) is 16.0. The maximum atomic E-state index is 13.8. The van der Waals surface area contributed by atoms with Crippen LogP contribution >= 0.6 is 0 Å². The molecular formula is C53H63N11O5. The van der Waals surface area contributed by atoms with Crippen molar-refractivity contribution in [2.45, 2.75) is 101 Å². The highest BCUT2D eigenvalue weighted by atomic mass is 16.5. The minimum atomic E-state index is -0.588. The Labute approximate surface area is 403 Å². The number of piperidine rings is 5. The first-order chi connectivity index (χ1) is 33.7. The minimum Gasteiger partial charge on any atom is -0.457 e. The van der Waals surface area contributed by atoms with Crippen molar-refractivity contribution < 1.29 is 23.9 Å². The molecule has 0 aliphatic carbocycles. The fourth-order valence-corrected chi connectivity index (χ4v) is 12.0. The van der Waals surface area contributed by atoms with Gasteiger partial charge in [-0.25, -0.2) is 19.4 Å². The summed E-state index contributed by atoms with van der Waals surface area (Å²) in [6, 6.07) is 24.1. The molecule has 0 saturated carbocycles. The number of rotatable bonds is 10. The molecule has 5 amide bonds. The zero-order valence-electron chi connectivity index (χ0n) is 39.4. The summed E-state index contributed by atoms with van der Waals surface area (Å²) in [4.78, 5) is 71.3. The molecule has 0 radical (unpaired) electrons. The second kappa shape index (κ2) is 19.5. The molecular weight excluding hydrogens is 871 g/mol. The van der Waals surface area contributed by atoms with Crippen molar-refractivity contribution in [2.24, 2.45) is 5.92 Å². The molecule has 5 aromatic rings. The average Bonchev–Trinajstić information content (AvgIpc) is 3.94. The van der Waals surface area contributed by atoms with Gasteiger partial charge in [-0.1, -0.05) is 30.3 Å². The van der Waals surface area contributed by atoms with Crippen LogP contribution in [0.1, 0.15) is 104 Å². The van der Waals surface area contributed by atoms with Gasteiger partial charge in [0.25, 0.3) is 5.91 Å². The van der Waals surface area contributed by atoms with Crippen LogP contribution in [0.25, 0.3) is 22.3 Å². The number of para-hydroxylation sites is 1. The number of imide groups is 1. The van der Waals surface area contributed by atoms with Crippen LogP contribution in [0.2, 0.25) is 0 Å². The van der Waals surface area contributed by atoms with Crippen molar-refractivity contribution in [3.05, 3.63) is 95.8 Å². The van der Waals surface area contributed by atoms with E-state index < -0.39 is 6.04 Å². The molecule has 0 spiro atoms. The minimum absolute atomic E-state index is 0.117. The molecule has 5 saturated heterocycles. The van der Waals surface area contributed by atoms with Gasteiger partial charge in [-0.15, -0.1) is 0 Å². The predicted octanol–water partition coefficient (Wildman–Crippen LogP) is 6.83. The fraction of sp³-hybridized carbons (Fsp3) is 0.491. The van der Waals surface area contributed by atoms with Crippen LogP contribution in [0, 0.1) is 5.92 Å². The number of nitrogen functional groups attached to an aromatic ring is 1. The largest absolute Gasteiger partial charge is 0.457 e. The quantitative estimate of drug-likeness (QED) is 0.141. The monoisotopic (exact) mass is 934 g/mol. The molecule has 360 valence electrons. The summed E-state index contributed by atoms with van der Waals surface area (Å²) >= 11 is 0. The van der Waals surface area contributed by atoms with E-state index in [1.165, 1.54) is 18.3 Å². The summed E-state index contributed by atoms with van der Waals surface area (Å²) in [6.07, 6.45) is 11.6. The Morgan fingerprint density at radius 2 is 1.51 bits per heavy atom. The molecule has 69 heavy (non-hydrogen) atoms. The lowest BCUT2D eigenvalue weighted by Gasteiger charge is -2.43. The first-order valence-electron chi connectivity index (χ1n) is 25.3. The normalized spacial score (nSPS) is 22.6. The van der Waals surface area contributed by atoms with Crippen LogP contribution in [0.5, 0.6) is 11.5 Å². The summed E-state index contributed by atoms with van der Waals surface area (Å²) in [5, 5.41) is 8.35. The van der Waals surface area contributed by atoms with Crippen LogP contribution in [-0.4, -0.2) is 139 Å². The van der Waals surface area contributed by atoms with Crippen LogP contribution in [0.3, 0.4) is 0 Å². The van der Waals surface area contributed by atoms with Gasteiger partial charge in [0.2, 0.25) is 11.8 Å². The Hall–Kier alpha value is -6.39. The maximum Gasteiger partial charge on any atom is 0.319 e. The lowest BCUT2D eigenvalue weighted by Crippen LogP contribution is -2.53. The Balaban J connectivity index is 0.622. The van der Waals surface area contributed by atoms with Crippen molar-refractivity contribution in [3.63, 3.8) is 0 Å². The molecule has 16 heteroatoms. The number of aromatic nitrogens is 4. The number of urea groups is 1. The molecule has 11 rings (SSSR count). The van der Waals surface area contributed by atoms with Gasteiger partial charge >= 0.3 is 6.03 Å². The highest BCUT2D eigenvalue weighted by Crippen LogP contribution is 2.37. The Bertz CT molecular complexity index is 2690. The molecule has 3 aromatic carbocycles. The number of hydrogen-bond acceptors (Lipinski definition) is 11. The number of nitrogens with two attached hydrogens (primary N) is 1. The van der Waals surface area contributed by atoms with E-state index in [0.717, 1.165) is 150 Å². The van der Waals surface area contributed by atoms with Crippen molar-refractivity contribution in [2.75, 3.05) is 64.6 Å². The zero-order valence-corrected chi connectivity index (χ0v) is 39.4. The lowest BCUT2D eigenvalue weighted by atomic mass is 9.87. The number of anilines is 1. The van der Waals surface area contributed by atoms with E-state index in [0.29, 0.717) is 42.2 Å². The Morgan fingerprint density at radius 3 is 2.26 bits per heavy atom. The lowest BCUT2D eigenvalue weighted by molar-refractivity contribution is -0.136. The van der Waals surface area contributed by atoms with E-state index >= 15 is 0 Å². The van der Waals surface area contributed by atoms with E-state index in [4.69, 9.17) is 20.6 Å². The van der Waals surface area contributed by atoms with Gasteiger partial charge in [-0.05, 0) is 156 Å². The number of amides is 5. The zero-order chi connectivity index (χ0) is 47.0. The highest BCUT2D eigenvalue weighted by molar-refractivity contribution is 6.05. The smallest absolute Gasteiger partial charge is 0.319 e. The Morgan fingerprint density at radius 1 is 0.768 bits per heavy atom. The van der Waals surface area contributed by atoms with E-state index in [1.807, 2.05) is 60.7 Å². The van der Waals surface area contributed by atoms with Crippen LogP contribution in [-0.2, 0) is 16.1 Å². The van der Waals surface area contributed by atoms with Gasteiger partial charge in [0.05, 0.1) is 11.4 Å². The van der Waals surface area contributed by atoms with Gasteiger partial charge < -0.3 is 30.1 Å². The second-order valence-corrected chi connectivity index (χ2v) is 20.1. The third kappa shape index (κ3) is 9.40. The summed E-state index contributed by atoms with van der Waals surface area (Å²) in [5.74, 6) is 2.28. The number of hydrogen-bond donors (Lipinski definition) is 2. The topological polar surface area (TPSA) is 175 Å². The van der Waals surface area contributed by atoms with Gasteiger partial charge in [0.1, 0.15) is 35.4 Å². The SMILES string of the molecule is Nc1ncnc2c1c(-c1ccc(Oc3ccccc3)cc1)nn2C1CCCN(C2CCN(C(=O)N3CCC(CCN4CCC(c5ccc6c(c5)CN(C5CCC(=O)NC5=O)C6=O)CC4)CC3)CC2)C1. The fourth-order valence-electron chi connectivity index (χ4n) is 12.0. The van der Waals surface area contributed by atoms with Crippen molar-refractivity contribution in [1.29, 1.82) is 0 Å². The van der Waals surface area contributed by atoms with E-state index in [2.05, 4.69) is 46.7 Å². The predicted molar refractivity (Wildman–Crippen MR) is 261 cm³/mol. The van der Waals surface area contributed by atoms with E-state index in [-0.39, 0.29) is 36.2 Å². The van der Waals surface area contributed by atoms with Crippen molar-refractivity contribution >= 4 is 40.6 Å². The number of nitrogens with one attached hydrogen (secondary N) is 1. The number of carbonyl (C=O) groups excluding carboxylic acids is 4. The number of nitrogens with zero attached hydrogens (tertiary/aromatic N) is 9. The summed E-state index contributed by atoms with van der Waals surface area (Å²) < 4.78 is 8.12. The van der Waals surface area contributed by atoms with Gasteiger partial charge in [0, 0.05) is 62.9 Å². The summed E-state index contributed by atoms with van der Waals surface area (Å²) in [5.41, 5.74) is 11.9. The average molecular weight is 934 g/mol. The first-order valence-corrected chi connectivity index (χ1v) is 25.3. The molecule has 3 N–H and O–H groups in total. The second-order valence-electron chi connectivity index (χ2n) is 20.1. The summed E-state index contributed by atoms with van der Waals surface area (Å²) in [7, 11) is 0. The van der Waals surface area contributed by atoms with Crippen molar-refractivity contribution in [3.8, 4) is 22.8 Å². The maximum absolute atomic E-state index is 13.8. The molecule has 2 aromatic heterocycles. The molecule has 8 heterocycles. The number of benzene rings is 3. The van der Waals surface area contributed by atoms with Crippen LogP contribution in [0.15, 0.2) is 79.1 Å². The Kier molecular flexibility index (Phi) is 12.8. The molecule has 5 fully saturated rings. The van der Waals surface area contributed by atoms with E-state index in [1.54, 1.807) is 4.90 Å². The van der Waals surface area contributed by atoms with E-state index in [9.17, 15) is 19.2 Å².